The molecular formula is C19H23N5O. The minimum atomic E-state index is 0.0436. The number of H-pyrrole nitrogens is 1. The highest BCUT2D eigenvalue weighted by molar-refractivity contribution is 5.76. The van der Waals surface area contributed by atoms with E-state index < -0.39 is 0 Å². The van der Waals surface area contributed by atoms with Gasteiger partial charge in [-0.25, -0.2) is 4.98 Å². The van der Waals surface area contributed by atoms with Gasteiger partial charge in [0.25, 0.3) is 5.56 Å². The van der Waals surface area contributed by atoms with Crippen molar-refractivity contribution in [3.8, 4) is 0 Å². The van der Waals surface area contributed by atoms with E-state index in [1.54, 1.807) is 10.9 Å². The first-order chi connectivity index (χ1) is 12.2. The van der Waals surface area contributed by atoms with Crippen LogP contribution in [-0.2, 0) is 6.54 Å². The van der Waals surface area contributed by atoms with Gasteiger partial charge in [-0.05, 0) is 44.5 Å². The van der Waals surface area contributed by atoms with Crippen molar-refractivity contribution in [2.75, 3.05) is 19.6 Å². The molecular weight excluding hydrogens is 314 g/mol. The van der Waals surface area contributed by atoms with Crippen LogP contribution in [0.4, 0.5) is 0 Å². The van der Waals surface area contributed by atoms with Crippen molar-refractivity contribution in [2.45, 2.75) is 32.2 Å². The maximum Gasteiger partial charge on any atom is 0.261 e. The monoisotopic (exact) mass is 337 g/mol. The SMILES string of the molecule is Cc1cc(C2CCCN(CCn3cnc4ccccc4c3=O)C2)n[nH]1. The maximum atomic E-state index is 12.6. The Morgan fingerprint density at radius 3 is 3.00 bits per heavy atom. The summed E-state index contributed by atoms with van der Waals surface area (Å²) in [6.07, 6.45) is 4.02. The lowest BCUT2D eigenvalue weighted by atomic mass is 9.95. The van der Waals surface area contributed by atoms with Gasteiger partial charge < -0.3 is 4.90 Å². The molecule has 0 radical (unpaired) electrons. The lowest BCUT2D eigenvalue weighted by Crippen LogP contribution is -2.38. The summed E-state index contributed by atoms with van der Waals surface area (Å²) in [4.78, 5) is 19.4. The molecule has 130 valence electrons. The third-order valence-electron chi connectivity index (χ3n) is 5.04. The first-order valence-electron chi connectivity index (χ1n) is 8.89. The second-order valence-electron chi connectivity index (χ2n) is 6.88. The van der Waals surface area contributed by atoms with Gasteiger partial charge in [0.15, 0.2) is 0 Å². The van der Waals surface area contributed by atoms with Crippen molar-refractivity contribution in [1.29, 1.82) is 0 Å². The zero-order valence-electron chi connectivity index (χ0n) is 14.5. The number of likely N-dealkylation sites (tertiary alicyclic amines) is 1. The molecule has 0 spiro atoms. The Kier molecular flexibility index (Phi) is 4.36. The summed E-state index contributed by atoms with van der Waals surface area (Å²) in [5.74, 6) is 0.477. The maximum absolute atomic E-state index is 12.6. The number of hydrogen-bond acceptors (Lipinski definition) is 4. The van der Waals surface area contributed by atoms with Crippen molar-refractivity contribution in [2.24, 2.45) is 0 Å². The number of aromatic amines is 1. The molecule has 1 N–H and O–H groups in total. The van der Waals surface area contributed by atoms with Gasteiger partial charge in [0.1, 0.15) is 0 Å². The number of rotatable bonds is 4. The molecule has 3 heterocycles. The van der Waals surface area contributed by atoms with Crippen LogP contribution in [-0.4, -0.2) is 44.3 Å². The van der Waals surface area contributed by atoms with E-state index in [0.717, 1.165) is 36.5 Å². The highest BCUT2D eigenvalue weighted by Gasteiger charge is 2.23. The Bertz CT molecular complexity index is 929. The van der Waals surface area contributed by atoms with Gasteiger partial charge in [0, 0.05) is 31.2 Å². The Hall–Kier alpha value is -2.47. The van der Waals surface area contributed by atoms with Gasteiger partial charge in [-0.1, -0.05) is 12.1 Å². The molecule has 25 heavy (non-hydrogen) atoms. The molecule has 0 saturated carbocycles. The summed E-state index contributed by atoms with van der Waals surface area (Å²) >= 11 is 0. The molecule has 1 aliphatic heterocycles. The van der Waals surface area contributed by atoms with Gasteiger partial charge in [0.05, 0.1) is 22.9 Å². The average molecular weight is 337 g/mol. The second-order valence-corrected chi connectivity index (χ2v) is 6.88. The number of nitrogens with zero attached hydrogens (tertiary/aromatic N) is 4. The van der Waals surface area contributed by atoms with E-state index >= 15 is 0 Å². The van der Waals surface area contributed by atoms with E-state index in [1.807, 2.05) is 31.2 Å². The highest BCUT2D eigenvalue weighted by Crippen LogP contribution is 2.25. The molecule has 0 bridgehead atoms. The van der Waals surface area contributed by atoms with Crippen LogP contribution in [0.15, 0.2) is 41.5 Å². The second kappa shape index (κ2) is 6.80. The summed E-state index contributed by atoms with van der Waals surface area (Å²) in [5.41, 5.74) is 3.07. The summed E-state index contributed by atoms with van der Waals surface area (Å²) in [5, 5.41) is 8.15. The quantitative estimate of drug-likeness (QED) is 0.793. The minimum absolute atomic E-state index is 0.0436. The molecule has 1 aromatic carbocycles. The average Bonchev–Trinajstić information content (AvgIpc) is 3.08. The lowest BCUT2D eigenvalue weighted by Gasteiger charge is -2.31. The number of aromatic nitrogens is 4. The molecule has 0 aliphatic carbocycles. The van der Waals surface area contributed by atoms with Crippen LogP contribution in [0, 0.1) is 6.92 Å². The third-order valence-corrected chi connectivity index (χ3v) is 5.04. The topological polar surface area (TPSA) is 66.8 Å². The van der Waals surface area contributed by atoms with Crippen molar-refractivity contribution in [3.05, 3.63) is 58.4 Å². The molecule has 1 unspecified atom stereocenters. The number of nitrogens with one attached hydrogen (secondary N) is 1. The Morgan fingerprint density at radius 2 is 2.16 bits per heavy atom. The molecule has 6 heteroatoms. The Labute approximate surface area is 146 Å². The molecule has 2 aromatic heterocycles. The molecule has 3 aromatic rings. The van der Waals surface area contributed by atoms with Gasteiger partial charge >= 0.3 is 0 Å². The largest absolute Gasteiger partial charge is 0.301 e. The van der Waals surface area contributed by atoms with E-state index in [9.17, 15) is 4.79 Å². The van der Waals surface area contributed by atoms with E-state index in [0.29, 0.717) is 17.8 Å². The number of hydrogen-bond donors (Lipinski definition) is 1. The summed E-state index contributed by atoms with van der Waals surface area (Å²) in [6, 6.07) is 9.66. The van der Waals surface area contributed by atoms with Crippen LogP contribution >= 0.6 is 0 Å². The predicted octanol–water partition coefficient (Wildman–Crippen LogP) is 2.31. The molecule has 6 nitrogen and oxygen atoms in total. The van der Waals surface area contributed by atoms with Gasteiger partial charge in [-0.3, -0.25) is 14.5 Å². The van der Waals surface area contributed by atoms with Gasteiger partial charge in [0.2, 0.25) is 0 Å². The molecule has 1 saturated heterocycles. The van der Waals surface area contributed by atoms with Crippen LogP contribution in [0.2, 0.25) is 0 Å². The fourth-order valence-electron chi connectivity index (χ4n) is 3.66. The number of piperidine rings is 1. The highest BCUT2D eigenvalue weighted by atomic mass is 16.1. The Morgan fingerprint density at radius 1 is 1.28 bits per heavy atom. The fourth-order valence-corrected chi connectivity index (χ4v) is 3.66. The first-order valence-corrected chi connectivity index (χ1v) is 8.89. The molecule has 4 rings (SSSR count). The smallest absolute Gasteiger partial charge is 0.261 e. The number of benzene rings is 1. The fraction of sp³-hybridized carbons (Fsp3) is 0.421. The first kappa shape index (κ1) is 16.0. The van der Waals surface area contributed by atoms with E-state index in [1.165, 1.54) is 12.8 Å². The zero-order chi connectivity index (χ0) is 17.2. The predicted molar refractivity (Wildman–Crippen MR) is 97.7 cm³/mol. The van der Waals surface area contributed by atoms with Crippen molar-refractivity contribution >= 4 is 10.9 Å². The lowest BCUT2D eigenvalue weighted by molar-refractivity contribution is 0.198. The van der Waals surface area contributed by atoms with Crippen LogP contribution in [0.25, 0.3) is 10.9 Å². The van der Waals surface area contributed by atoms with E-state index in [-0.39, 0.29) is 5.56 Å². The van der Waals surface area contributed by atoms with Gasteiger partial charge in [-0.2, -0.15) is 5.10 Å². The zero-order valence-corrected chi connectivity index (χ0v) is 14.5. The van der Waals surface area contributed by atoms with Crippen LogP contribution in [0.1, 0.15) is 30.1 Å². The van der Waals surface area contributed by atoms with Crippen LogP contribution in [0.5, 0.6) is 0 Å². The number of fused-ring (bicyclic) bond motifs is 1. The molecule has 1 aliphatic rings. The van der Waals surface area contributed by atoms with Crippen molar-refractivity contribution in [1.82, 2.24) is 24.6 Å². The summed E-state index contributed by atoms with van der Waals surface area (Å²) in [7, 11) is 0. The number of aryl methyl sites for hydroxylation is 1. The standard InChI is InChI=1S/C19H23N5O/c1-14-11-18(22-21-14)15-5-4-8-23(12-15)9-10-24-13-20-17-7-3-2-6-16(17)19(24)25/h2-3,6-7,11,13,15H,4-5,8-10,12H2,1H3,(H,21,22). The number of para-hydroxylation sites is 1. The van der Waals surface area contributed by atoms with Crippen molar-refractivity contribution in [3.63, 3.8) is 0 Å². The third kappa shape index (κ3) is 3.35. The minimum Gasteiger partial charge on any atom is -0.301 e. The molecule has 0 amide bonds. The Balaban J connectivity index is 1.44. The van der Waals surface area contributed by atoms with E-state index in [4.69, 9.17) is 0 Å². The van der Waals surface area contributed by atoms with Crippen LogP contribution < -0.4 is 5.56 Å². The van der Waals surface area contributed by atoms with Crippen LogP contribution in [0.3, 0.4) is 0 Å². The molecule has 1 atom stereocenters. The van der Waals surface area contributed by atoms with Gasteiger partial charge in [-0.15, -0.1) is 0 Å². The summed E-state index contributed by atoms with van der Waals surface area (Å²) < 4.78 is 1.73. The molecule has 1 fully saturated rings. The summed E-state index contributed by atoms with van der Waals surface area (Å²) in [6.45, 7) is 5.65. The van der Waals surface area contributed by atoms with Crippen molar-refractivity contribution < 1.29 is 0 Å². The van der Waals surface area contributed by atoms with E-state index in [2.05, 4.69) is 26.1 Å². The normalized spacial score (nSPS) is 18.7.